The summed E-state index contributed by atoms with van der Waals surface area (Å²) in [6.07, 6.45) is -1.25. The average molecular weight is 338 g/mol. The number of carbonyl (C=O) groups is 1. The molecule has 1 N–H and O–H groups in total. The summed E-state index contributed by atoms with van der Waals surface area (Å²) in [4.78, 5) is 9.15. The smallest absolute Gasteiger partial charge is 0.450 e. The molecule has 0 aliphatic carbocycles. The molecule has 0 aliphatic rings. The predicted molar refractivity (Wildman–Crippen MR) is 100 cm³/mol. The van der Waals surface area contributed by atoms with Crippen molar-refractivity contribution in [2.75, 3.05) is 7.11 Å². The van der Waals surface area contributed by atoms with E-state index in [0.717, 1.165) is 7.11 Å². The Morgan fingerprint density at radius 3 is 1.17 bits per heavy atom. The van der Waals surface area contributed by atoms with E-state index in [2.05, 4.69) is 95.7 Å². The quantitative estimate of drug-likeness (QED) is 0.584. The van der Waals surface area contributed by atoms with Gasteiger partial charge in [0.25, 0.3) is 0 Å². The summed E-state index contributed by atoms with van der Waals surface area (Å²) in [5.74, 6) is 0. The van der Waals surface area contributed by atoms with Crippen LogP contribution in [0.3, 0.4) is 0 Å². The molecule has 24 heavy (non-hydrogen) atoms. The minimum atomic E-state index is -1.25. The zero-order valence-corrected chi connectivity index (χ0v) is 14.3. The molecule has 0 heterocycles. The first kappa shape index (κ1) is 17.7. The van der Waals surface area contributed by atoms with Gasteiger partial charge in [-0.25, -0.2) is 4.79 Å². The van der Waals surface area contributed by atoms with Crippen LogP contribution < -0.4 is 15.9 Å². The van der Waals surface area contributed by atoms with Gasteiger partial charge >= 0.3 is 6.16 Å². The Labute approximate surface area is 143 Å². The lowest BCUT2D eigenvalue weighted by molar-refractivity contribution is 0.114. The van der Waals surface area contributed by atoms with E-state index in [-0.39, 0.29) is 0 Å². The Kier molecular flexibility index (Phi) is 7.00. The van der Waals surface area contributed by atoms with Gasteiger partial charge in [-0.15, -0.1) is 0 Å². The zero-order valence-electron chi connectivity index (χ0n) is 13.4. The maximum absolute atomic E-state index is 9.15. The van der Waals surface area contributed by atoms with Crippen molar-refractivity contribution in [3.63, 3.8) is 0 Å². The van der Waals surface area contributed by atoms with Gasteiger partial charge in [0, 0.05) is 0 Å². The zero-order chi connectivity index (χ0) is 17.2. The first-order valence-corrected chi connectivity index (χ1v) is 8.78. The summed E-state index contributed by atoms with van der Waals surface area (Å²) in [5.41, 5.74) is 0. The van der Waals surface area contributed by atoms with Gasteiger partial charge in [0.1, 0.15) is 0 Å². The number of benzene rings is 3. The third kappa shape index (κ3) is 5.22. The summed E-state index contributed by atoms with van der Waals surface area (Å²) >= 11 is 0. The Balaban J connectivity index is 0.000000368. The number of hydrogen-bond acceptors (Lipinski definition) is 2. The molecule has 0 spiro atoms. The molecule has 0 saturated carbocycles. The van der Waals surface area contributed by atoms with E-state index in [4.69, 9.17) is 9.90 Å². The molecule has 0 bridgehead atoms. The van der Waals surface area contributed by atoms with E-state index in [1.54, 1.807) is 0 Å². The lowest BCUT2D eigenvalue weighted by atomic mass is 10.4. The molecule has 0 amide bonds. The van der Waals surface area contributed by atoms with E-state index in [9.17, 15) is 0 Å². The van der Waals surface area contributed by atoms with Crippen LogP contribution in [0, 0.1) is 0 Å². The lowest BCUT2D eigenvalue weighted by Gasteiger charge is -2.18. The summed E-state index contributed by atoms with van der Waals surface area (Å²) in [6, 6.07) is 32.3. The van der Waals surface area contributed by atoms with Gasteiger partial charge in [-0.3, -0.25) is 0 Å². The highest BCUT2D eigenvalue weighted by atomic mass is 31.1. The van der Waals surface area contributed by atoms with Gasteiger partial charge < -0.3 is 9.84 Å². The fourth-order valence-electron chi connectivity index (χ4n) is 2.18. The normalized spacial score (nSPS) is 9.75. The van der Waals surface area contributed by atoms with Crippen molar-refractivity contribution in [2.45, 2.75) is 0 Å². The first-order valence-electron chi connectivity index (χ1n) is 7.44. The summed E-state index contributed by atoms with van der Waals surface area (Å²) in [6.45, 7) is 0. The number of carboxylic acid groups (broad SMARTS) is 1. The van der Waals surface area contributed by atoms with Crippen molar-refractivity contribution in [3.05, 3.63) is 91.0 Å². The van der Waals surface area contributed by atoms with Gasteiger partial charge in [-0.1, -0.05) is 91.0 Å². The molecule has 0 unspecified atom stereocenters. The molecule has 122 valence electrons. The molecule has 0 fully saturated rings. The minimum absolute atomic E-state index is 0.446. The van der Waals surface area contributed by atoms with Crippen molar-refractivity contribution in [2.24, 2.45) is 0 Å². The Morgan fingerprint density at radius 1 is 0.708 bits per heavy atom. The van der Waals surface area contributed by atoms with Gasteiger partial charge in [0.2, 0.25) is 0 Å². The Bertz CT molecular complexity index is 637. The fourth-order valence-corrected chi connectivity index (χ4v) is 4.48. The van der Waals surface area contributed by atoms with Crippen LogP contribution >= 0.6 is 7.92 Å². The van der Waals surface area contributed by atoms with Crippen LogP contribution in [0.5, 0.6) is 0 Å². The van der Waals surface area contributed by atoms with Crippen LogP contribution in [0.15, 0.2) is 91.0 Å². The molecule has 3 aromatic rings. The van der Waals surface area contributed by atoms with Crippen LogP contribution in [0.1, 0.15) is 0 Å². The number of methoxy groups -OCH3 is 1. The second-order valence-corrected chi connectivity index (χ2v) is 7.03. The molecule has 0 radical (unpaired) electrons. The van der Waals surface area contributed by atoms with Gasteiger partial charge in [0.05, 0.1) is 7.11 Å². The topological polar surface area (TPSA) is 46.5 Å². The van der Waals surface area contributed by atoms with E-state index >= 15 is 0 Å². The highest BCUT2D eigenvalue weighted by molar-refractivity contribution is 7.79. The van der Waals surface area contributed by atoms with Crippen LogP contribution in [-0.2, 0) is 4.74 Å². The minimum Gasteiger partial charge on any atom is -0.450 e. The fraction of sp³-hybridized carbons (Fsp3) is 0.0500. The second kappa shape index (κ2) is 9.49. The number of hydrogen-bond donors (Lipinski definition) is 1. The van der Waals surface area contributed by atoms with Crippen LogP contribution in [0.2, 0.25) is 0 Å². The standard InChI is InChI=1S/C18H15P.C2H4O3/c1-4-10-16(11-5-1)19(17-12-6-2-7-13-17)18-14-8-3-9-15-18;1-5-2(3)4/h1-15H;1H3,(H,3,4). The van der Waals surface area contributed by atoms with E-state index in [0.29, 0.717) is 0 Å². The summed E-state index contributed by atoms with van der Waals surface area (Å²) in [5, 5.41) is 11.7. The van der Waals surface area contributed by atoms with Crippen LogP contribution in [-0.4, -0.2) is 18.4 Å². The van der Waals surface area contributed by atoms with Crippen molar-refractivity contribution >= 4 is 30.0 Å². The van der Waals surface area contributed by atoms with Crippen molar-refractivity contribution in [3.8, 4) is 0 Å². The molecular formula is C20H19O3P. The third-order valence-electron chi connectivity index (χ3n) is 3.22. The molecule has 4 heteroatoms. The number of rotatable bonds is 3. The maximum atomic E-state index is 9.15. The van der Waals surface area contributed by atoms with E-state index in [1.165, 1.54) is 15.9 Å². The van der Waals surface area contributed by atoms with E-state index < -0.39 is 14.1 Å². The highest BCUT2D eigenvalue weighted by Gasteiger charge is 2.14. The summed E-state index contributed by atoms with van der Waals surface area (Å²) < 4.78 is 3.67. The first-order chi connectivity index (χ1) is 11.7. The Morgan fingerprint density at radius 2 is 0.958 bits per heavy atom. The molecule has 0 saturated heterocycles. The molecule has 3 rings (SSSR count). The van der Waals surface area contributed by atoms with Gasteiger partial charge in [0.15, 0.2) is 0 Å². The molecule has 0 aromatic heterocycles. The van der Waals surface area contributed by atoms with Gasteiger partial charge in [-0.2, -0.15) is 0 Å². The molecule has 0 aliphatic heterocycles. The molecule has 3 nitrogen and oxygen atoms in total. The average Bonchev–Trinajstić information content (AvgIpc) is 2.65. The second-order valence-electron chi connectivity index (χ2n) is 4.81. The molecule has 0 atom stereocenters. The lowest BCUT2D eigenvalue weighted by Crippen LogP contribution is -2.20. The van der Waals surface area contributed by atoms with Gasteiger partial charge in [-0.05, 0) is 23.8 Å². The SMILES string of the molecule is COC(=O)O.c1ccc(P(c2ccccc2)c2ccccc2)cc1. The third-order valence-corrected chi connectivity index (χ3v) is 5.66. The molecule has 3 aromatic carbocycles. The Hall–Kier alpha value is -2.64. The summed E-state index contributed by atoms with van der Waals surface area (Å²) in [7, 11) is 0.654. The highest BCUT2D eigenvalue weighted by Crippen LogP contribution is 2.32. The number of ether oxygens (including phenoxy) is 1. The van der Waals surface area contributed by atoms with Crippen molar-refractivity contribution in [1.82, 2.24) is 0 Å². The van der Waals surface area contributed by atoms with Crippen LogP contribution in [0.25, 0.3) is 0 Å². The predicted octanol–water partition coefficient (Wildman–Crippen LogP) is 3.76. The largest absolute Gasteiger partial charge is 0.505 e. The van der Waals surface area contributed by atoms with Crippen molar-refractivity contribution in [1.29, 1.82) is 0 Å². The monoisotopic (exact) mass is 338 g/mol. The van der Waals surface area contributed by atoms with Crippen molar-refractivity contribution < 1.29 is 14.6 Å². The molecular weight excluding hydrogens is 319 g/mol. The maximum Gasteiger partial charge on any atom is 0.505 e. The van der Waals surface area contributed by atoms with E-state index in [1.807, 2.05) is 0 Å². The van der Waals surface area contributed by atoms with Crippen LogP contribution in [0.4, 0.5) is 4.79 Å².